The summed E-state index contributed by atoms with van der Waals surface area (Å²) in [6, 6.07) is 2.86. The number of anilines is 1. The van der Waals surface area contributed by atoms with Crippen molar-refractivity contribution in [3.63, 3.8) is 0 Å². The fourth-order valence-corrected chi connectivity index (χ4v) is 2.32. The minimum Gasteiger partial charge on any atom is -0.494 e. The van der Waals surface area contributed by atoms with Crippen LogP contribution in [0.25, 0.3) is 11.0 Å². The summed E-state index contributed by atoms with van der Waals surface area (Å²) < 4.78 is 20.4. The van der Waals surface area contributed by atoms with Gasteiger partial charge in [0.15, 0.2) is 11.6 Å². The number of rotatable bonds is 5. The third-order valence-corrected chi connectivity index (χ3v) is 3.63. The average Bonchev–Trinajstić information content (AvgIpc) is 3.25. The van der Waals surface area contributed by atoms with Crippen LogP contribution in [0.15, 0.2) is 12.1 Å². The molecule has 0 radical (unpaired) electrons. The van der Waals surface area contributed by atoms with Crippen molar-refractivity contribution >= 4 is 22.9 Å². The lowest BCUT2D eigenvalue weighted by molar-refractivity contribution is -0.122. The number of ether oxygens (including phenoxy) is 1. The maximum Gasteiger partial charge on any atom is 0.223 e. The maximum atomic E-state index is 13.6. The van der Waals surface area contributed by atoms with Crippen molar-refractivity contribution in [3.8, 4) is 5.75 Å². The first-order chi connectivity index (χ1) is 10.1. The highest BCUT2D eigenvalue weighted by Gasteiger charge is 2.29. The molecule has 1 fully saturated rings. The Kier molecular flexibility index (Phi) is 3.40. The molecule has 0 unspecified atom stereocenters. The molecule has 112 valence electrons. The van der Waals surface area contributed by atoms with Gasteiger partial charge in [-0.15, -0.1) is 0 Å². The van der Waals surface area contributed by atoms with Crippen molar-refractivity contribution in [3.05, 3.63) is 17.9 Å². The Bertz CT molecular complexity index is 694. The zero-order chi connectivity index (χ0) is 15.0. The van der Waals surface area contributed by atoms with Crippen LogP contribution in [0.4, 0.5) is 10.3 Å². The van der Waals surface area contributed by atoms with Gasteiger partial charge in [-0.25, -0.2) is 9.37 Å². The smallest absolute Gasteiger partial charge is 0.223 e. The summed E-state index contributed by atoms with van der Waals surface area (Å²) in [6.45, 7) is 0.945. The van der Waals surface area contributed by atoms with E-state index in [4.69, 9.17) is 10.5 Å². The van der Waals surface area contributed by atoms with Crippen LogP contribution < -0.4 is 15.8 Å². The number of nitrogens with zero attached hydrogens (tertiary/aromatic N) is 2. The van der Waals surface area contributed by atoms with E-state index in [1.807, 2.05) is 0 Å². The second kappa shape index (κ2) is 5.23. The maximum absolute atomic E-state index is 13.6. The summed E-state index contributed by atoms with van der Waals surface area (Å²) in [7, 11) is 1.41. The van der Waals surface area contributed by atoms with E-state index < -0.39 is 5.82 Å². The lowest BCUT2D eigenvalue weighted by Crippen LogP contribution is -2.28. The predicted molar refractivity (Wildman–Crippen MR) is 76.4 cm³/mol. The molecular formula is C14H17FN4O2. The molecule has 1 saturated carbocycles. The molecule has 1 heterocycles. The van der Waals surface area contributed by atoms with E-state index >= 15 is 0 Å². The number of halogens is 1. The van der Waals surface area contributed by atoms with Gasteiger partial charge < -0.3 is 20.4 Å². The molecule has 21 heavy (non-hydrogen) atoms. The summed E-state index contributed by atoms with van der Waals surface area (Å²) in [4.78, 5) is 15.7. The number of carbonyl (C=O) groups is 1. The Morgan fingerprint density at radius 3 is 3.00 bits per heavy atom. The molecule has 0 spiro atoms. The Hall–Kier alpha value is -2.31. The summed E-state index contributed by atoms with van der Waals surface area (Å²) in [5, 5.41) is 2.87. The van der Waals surface area contributed by atoms with E-state index in [1.54, 1.807) is 10.6 Å². The highest BCUT2D eigenvalue weighted by Crippen LogP contribution is 2.29. The number of benzene rings is 1. The molecule has 1 aromatic heterocycles. The molecule has 1 aliphatic carbocycles. The summed E-state index contributed by atoms with van der Waals surface area (Å²) >= 11 is 0. The first kappa shape index (κ1) is 13.7. The fraction of sp³-hybridized carbons (Fsp3) is 0.429. The molecule has 6 nitrogen and oxygen atoms in total. The van der Waals surface area contributed by atoms with E-state index in [0.717, 1.165) is 12.8 Å². The van der Waals surface area contributed by atoms with Crippen molar-refractivity contribution in [1.82, 2.24) is 14.9 Å². The van der Waals surface area contributed by atoms with E-state index in [-0.39, 0.29) is 17.6 Å². The van der Waals surface area contributed by atoms with Crippen molar-refractivity contribution in [2.24, 2.45) is 5.92 Å². The van der Waals surface area contributed by atoms with Gasteiger partial charge in [-0.1, -0.05) is 0 Å². The standard InChI is InChI=1S/C14H17FN4O2/c1-21-12-7-11-10(6-9(12)15)18-14(16)19(11)5-4-17-13(20)8-2-3-8/h6-8H,2-5H2,1H3,(H2,16,18)(H,17,20). The second-order valence-electron chi connectivity index (χ2n) is 5.16. The minimum absolute atomic E-state index is 0.0848. The van der Waals surface area contributed by atoms with Gasteiger partial charge >= 0.3 is 0 Å². The molecule has 0 aliphatic heterocycles. The van der Waals surface area contributed by atoms with Crippen molar-refractivity contribution in [2.45, 2.75) is 19.4 Å². The molecule has 3 N–H and O–H groups in total. The summed E-state index contributed by atoms with van der Waals surface area (Å²) in [5.41, 5.74) is 7.02. The van der Waals surface area contributed by atoms with E-state index in [2.05, 4.69) is 10.3 Å². The lowest BCUT2D eigenvalue weighted by Gasteiger charge is -2.09. The van der Waals surface area contributed by atoms with Crippen LogP contribution in [0.2, 0.25) is 0 Å². The zero-order valence-electron chi connectivity index (χ0n) is 11.7. The molecule has 1 aromatic carbocycles. The van der Waals surface area contributed by atoms with Gasteiger partial charge in [-0.05, 0) is 12.8 Å². The highest BCUT2D eigenvalue weighted by atomic mass is 19.1. The number of aromatic nitrogens is 2. The number of nitrogens with two attached hydrogens (primary N) is 1. The van der Waals surface area contributed by atoms with Gasteiger partial charge in [0.05, 0.1) is 18.1 Å². The van der Waals surface area contributed by atoms with E-state index in [1.165, 1.54) is 13.2 Å². The molecule has 0 saturated heterocycles. The second-order valence-corrected chi connectivity index (χ2v) is 5.16. The van der Waals surface area contributed by atoms with Gasteiger partial charge in [0, 0.05) is 31.1 Å². The number of nitrogen functional groups attached to an aromatic ring is 1. The van der Waals surface area contributed by atoms with Crippen LogP contribution in [0.5, 0.6) is 5.75 Å². The number of hydrogen-bond acceptors (Lipinski definition) is 4. The molecule has 1 aliphatic rings. The topological polar surface area (TPSA) is 82.2 Å². The lowest BCUT2D eigenvalue weighted by atomic mass is 10.3. The number of hydrogen-bond donors (Lipinski definition) is 2. The fourth-order valence-electron chi connectivity index (χ4n) is 2.32. The number of carbonyl (C=O) groups excluding carboxylic acids is 1. The van der Waals surface area contributed by atoms with Crippen LogP contribution >= 0.6 is 0 Å². The minimum atomic E-state index is -0.475. The van der Waals surface area contributed by atoms with Gasteiger partial charge in [0.1, 0.15) is 0 Å². The number of imidazole rings is 1. The Morgan fingerprint density at radius 2 is 2.33 bits per heavy atom. The van der Waals surface area contributed by atoms with Crippen LogP contribution in [0, 0.1) is 11.7 Å². The van der Waals surface area contributed by atoms with Gasteiger partial charge in [0.2, 0.25) is 11.9 Å². The number of amides is 1. The van der Waals surface area contributed by atoms with Crippen LogP contribution in [-0.2, 0) is 11.3 Å². The third kappa shape index (κ3) is 2.63. The molecule has 3 rings (SSSR count). The third-order valence-electron chi connectivity index (χ3n) is 3.63. The van der Waals surface area contributed by atoms with Crippen LogP contribution in [0.1, 0.15) is 12.8 Å². The molecule has 0 bridgehead atoms. The first-order valence-corrected chi connectivity index (χ1v) is 6.87. The van der Waals surface area contributed by atoms with E-state index in [9.17, 15) is 9.18 Å². The van der Waals surface area contributed by atoms with Crippen molar-refractivity contribution in [1.29, 1.82) is 0 Å². The quantitative estimate of drug-likeness (QED) is 0.870. The van der Waals surface area contributed by atoms with Crippen molar-refractivity contribution in [2.75, 3.05) is 19.4 Å². The normalized spacial score (nSPS) is 14.4. The molecule has 2 aromatic rings. The van der Waals surface area contributed by atoms with Gasteiger partial charge in [-0.2, -0.15) is 0 Å². The number of nitrogens with one attached hydrogen (secondary N) is 1. The molecular weight excluding hydrogens is 275 g/mol. The molecule has 7 heteroatoms. The Morgan fingerprint density at radius 1 is 1.57 bits per heavy atom. The first-order valence-electron chi connectivity index (χ1n) is 6.87. The van der Waals surface area contributed by atoms with Crippen LogP contribution in [0.3, 0.4) is 0 Å². The van der Waals surface area contributed by atoms with Gasteiger partial charge in [0.25, 0.3) is 0 Å². The number of fused-ring (bicyclic) bond motifs is 1. The molecule has 1 amide bonds. The monoisotopic (exact) mass is 292 g/mol. The SMILES string of the molecule is COc1cc2c(cc1F)nc(N)n2CCNC(=O)C1CC1. The summed E-state index contributed by atoms with van der Waals surface area (Å²) in [6.07, 6.45) is 1.94. The Balaban J connectivity index is 1.79. The predicted octanol–water partition coefficient (Wildman–Crippen LogP) is 1.29. The van der Waals surface area contributed by atoms with Crippen LogP contribution in [-0.4, -0.2) is 29.1 Å². The zero-order valence-corrected chi connectivity index (χ0v) is 11.7. The average molecular weight is 292 g/mol. The summed E-state index contributed by atoms with van der Waals surface area (Å²) in [5.74, 6) is 0.221. The van der Waals surface area contributed by atoms with Gasteiger partial charge in [-0.3, -0.25) is 4.79 Å². The van der Waals surface area contributed by atoms with E-state index in [0.29, 0.717) is 30.1 Å². The van der Waals surface area contributed by atoms with Crippen molar-refractivity contribution < 1.29 is 13.9 Å². The number of methoxy groups -OCH3 is 1. The largest absolute Gasteiger partial charge is 0.494 e. The Labute approximate surface area is 121 Å². The highest BCUT2D eigenvalue weighted by molar-refractivity contribution is 5.81. The molecule has 0 atom stereocenters.